The van der Waals surface area contributed by atoms with Gasteiger partial charge in [0.15, 0.2) is 0 Å². The highest BCUT2D eigenvalue weighted by Gasteiger charge is 2.17. The fourth-order valence-electron chi connectivity index (χ4n) is 2.62. The van der Waals surface area contributed by atoms with Crippen LogP contribution in [0.2, 0.25) is 0 Å². The van der Waals surface area contributed by atoms with Gasteiger partial charge in [-0.1, -0.05) is 6.42 Å². The number of hydrogen-bond acceptors (Lipinski definition) is 4. The van der Waals surface area contributed by atoms with Crippen molar-refractivity contribution in [3.05, 3.63) is 23.9 Å². The Morgan fingerprint density at radius 1 is 1.53 bits per heavy atom. The number of nitrogens with one attached hydrogen (secondary N) is 1. The SMILES string of the molecule is CC1CCCCN1CCCNc1ncccc1C#N. The van der Waals surface area contributed by atoms with Crippen molar-refractivity contribution >= 4 is 5.82 Å². The summed E-state index contributed by atoms with van der Waals surface area (Å²) in [5.74, 6) is 0.705. The minimum absolute atomic E-state index is 0.619. The van der Waals surface area contributed by atoms with Crippen LogP contribution in [0.4, 0.5) is 5.82 Å². The lowest BCUT2D eigenvalue weighted by Gasteiger charge is -2.33. The summed E-state index contributed by atoms with van der Waals surface area (Å²) in [4.78, 5) is 6.77. The van der Waals surface area contributed by atoms with Crippen LogP contribution >= 0.6 is 0 Å². The van der Waals surface area contributed by atoms with E-state index in [1.54, 1.807) is 18.3 Å². The molecule has 0 bridgehead atoms. The van der Waals surface area contributed by atoms with Gasteiger partial charge in [-0.05, 0) is 44.9 Å². The zero-order chi connectivity index (χ0) is 13.5. The topological polar surface area (TPSA) is 52.0 Å². The van der Waals surface area contributed by atoms with E-state index < -0.39 is 0 Å². The lowest BCUT2D eigenvalue weighted by atomic mass is 10.0. The summed E-state index contributed by atoms with van der Waals surface area (Å²) >= 11 is 0. The molecule has 0 aliphatic carbocycles. The molecule has 1 atom stereocenters. The highest BCUT2D eigenvalue weighted by atomic mass is 15.2. The molecule has 0 radical (unpaired) electrons. The first kappa shape index (κ1) is 13.8. The monoisotopic (exact) mass is 258 g/mol. The molecule has 2 rings (SSSR count). The number of hydrogen-bond donors (Lipinski definition) is 1. The molecular weight excluding hydrogens is 236 g/mol. The van der Waals surface area contributed by atoms with Gasteiger partial charge in [-0.15, -0.1) is 0 Å². The largest absolute Gasteiger partial charge is 0.369 e. The Labute approximate surface area is 115 Å². The van der Waals surface area contributed by atoms with Crippen LogP contribution in [0, 0.1) is 11.3 Å². The summed E-state index contributed by atoms with van der Waals surface area (Å²) < 4.78 is 0. The van der Waals surface area contributed by atoms with Crippen LogP contribution in [0.1, 0.15) is 38.2 Å². The smallest absolute Gasteiger partial charge is 0.143 e. The van der Waals surface area contributed by atoms with Gasteiger partial charge in [0.05, 0.1) is 5.56 Å². The first-order chi connectivity index (χ1) is 9.31. The van der Waals surface area contributed by atoms with E-state index in [1.165, 1.54) is 25.8 Å². The molecule has 0 saturated carbocycles. The van der Waals surface area contributed by atoms with Gasteiger partial charge in [0, 0.05) is 25.3 Å². The average Bonchev–Trinajstić information content (AvgIpc) is 2.45. The first-order valence-corrected chi connectivity index (χ1v) is 7.14. The lowest BCUT2D eigenvalue weighted by molar-refractivity contribution is 0.160. The number of likely N-dealkylation sites (tertiary alicyclic amines) is 1. The van der Waals surface area contributed by atoms with E-state index in [9.17, 15) is 0 Å². The molecule has 0 spiro atoms. The van der Waals surface area contributed by atoms with Gasteiger partial charge in [-0.25, -0.2) is 4.98 Å². The van der Waals surface area contributed by atoms with Crippen molar-refractivity contribution in [3.8, 4) is 6.07 Å². The molecule has 1 saturated heterocycles. The summed E-state index contributed by atoms with van der Waals surface area (Å²) in [6, 6.07) is 6.46. The van der Waals surface area contributed by atoms with Gasteiger partial charge in [0.25, 0.3) is 0 Å². The quantitative estimate of drug-likeness (QED) is 0.825. The van der Waals surface area contributed by atoms with E-state index in [-0.39, 0.29) is 0 Å². The van der Waals surface area contributed by atoms with E-state index in [1.807, 2.05) is 0 Å². The van der Waals surface area contributed by atoms with Crippen molar-refractivity contribution in [1.29, 1.82) is 5.26 Å². The van der Waals surface area contributed by atoms with Gasteiger partial charge >= 0.3 is 0 Å². The number of piperidine rings is 1. The van der Waals surface area contributed by atoms with Crippen LogP contribution in [0.5, 0.6) is 0 Å². The molecule has 102 valence electrons. The van der Waals surface area contributed by atoms with Crippen molar-refractivity contribution in [2.75, 3.05) is 25.0 Å². The van der Waals surface area contributed by atoms with Gasteiger partial charge in [-0.2, -0.15) is 5.26 Å². The second-order valence-electron chi connectivity index (χ2n) is 5.17. The average molecular weight is 258 g/mol. The lowest BCUT2D eigenvalue weighted by Crippen LogP contribution is -2.38. The molecule has 4 heteroatoms. The summed E-state index contributed by atoms with van der Waals surface area (Å²) in [5.41, 5.74) is 0.619. The number of aromatic nitrogens is 1. The van der Waals surface area contributed by atoms with Gasteiger partial charge in [-0.3, -0.25) is 0 Å². The van der Waals surface area contributed by atoms with Crippen LogP contribution in [0.15, 0.2) is 18.3 Å². The number of rotatable bonds is 5. The van der Waals surface area contributed by atoms with Crippen LogP contribution in [0.25, 0.3) is 0 Å². The number of anilines is 1. The number of pyridine rings is 1. The van der Waals surface area contributed by atoms with Crippen molar-refractivity contribution in [2.45, 2.75) is 38.6 Å². The molecule has 2 heterocycles. The molecule has 1 fully saturated rings. The fraction of sp³-hybridized carbons (Fsp3) is 0.600. The van der Waals surface area contributed by atoms with Crippen LogP contribution in [-0.2, 0) is 0 Å². The summed E-state index contributed by atoms with van der Waals surface area (Å²) in [6.45, 7) is 5.55. The maximum Gasteiger partial charge on any atom is 0.143 e. The molecule has 4 nitrogen and oxygen atoms in total. The Morgan fingerprint density at radius 2 is 2.42 bits per heavy atom. The minimum Gasteiger partial charge on any atom is -0.369 e. The highest BCUT2D eigenvalue weighted by molar-refractivity contribution is 5.50. The van der Waals surface area contributed by atoms with Crippen LogP contribution in [0.3, 0.4) is 0 Å². The standard InChI is InChI=1S/C15H22N4/c1-13-6-2-3-10-19(13)11-5-9-18-15-14(12-16)7-4-8-17-15/h4,7-8,13H,2-3,5-6,9-11H2,1H3,(H,17,18). The predicted octanol–water partition coefficient (Wildman–Crippen LogP) is 2.63. The predicted molar refractivity (Wildman–Crippen MR) is 76.9 cm³/mol. The van der Waals surface area contributed by atoms with Crippen molar-refractivity contribution in [2.24, 2.45) is 0 Å². The maximum atomic E-state index is 8.98. The summed E-state index contributed by atoms with van der Waals surface area (Å²) in [5, 5.41) is 12.2. The molecule has 1 aromatic heterocycles. The van der Waals surface area contributed by atoms with E-state index >= 15 is 0 Å². The van der Waals surface area contributed by atoms with E-state index in [4.69, 9.17) is 5.26 Å². The summed E-state index contributed by atoms with van der Waals surface area (Å²) in [6.07, 6.45) is 6.83. The third-order valence-electron chi connectivity index (χ3n) is 3.78. The molecule has 0 aromatic carbocycles. The third-order valence-corrected chi connectivity index (χ3v) is 3.78. The van der Waals surface area contributed by atoms with Gasteiger partial charge in [0.2, 0.25) is 0 Å². The second kappa shape index (κ2) is 7.10. The Balaban J connectivity index is 1.73. The molecule has 19 heavy (non-hydrogen) atoms. The van der Waals surface area contributed by atoms with E-state index in [2.05, 4.69) is 28.2 Å². The van der Waals surface area contributed by atoms with Crippen LogP contribution in [-0.4, -0.2) is 35.6 Å². The minimum atomic E-state index is 0.619. The van der Waals surface area contributed by atoms with E-state index in [0.29, 0.717) is 11.4 Å². The second-order valence-corrected chi connectivity index (χ2v) is 5.17. The Bertz CT molecular complexity index is 438. The maximum absolute atomic E-state index is 8.98. The summed E-state index contributed by atoms with van der Waals surface area (Å²) in [7, 11) is 0. The molecule has 1 aromatic rings. The fourth-order valence-corrected chi connectivity index (χ4v) is 2.62. The molecule has 1 N–H and O–H groups in total. The van der Waals surface area contributed by atoms with Crippen molar-refractivity contribution in [1.82, 2.24) is 9.88 Å². The highest BCUT2D eigenvalue weighted by Crippen LogP contribution is 2.16. The molecule has 0 amide bonds. The van der Waals surface area contributed by atoms with E-state index in [0.717, 1.165) is 25.6 Å². The Kier molecular flexibility index (Phi) is 5.17. The number of nitrogens with zero attached hydrogens (tertiary/aromatic N) is 3. The normalized spacial score (nSPS) is 19.9. The Morgan fingerprint density at radius 3 is 3.21 bits per heavy atom. The zero-order valence-corrected chi connectivity index (χ0v) is 11.6. The first-order valence-electron chi connectivity index (χ1n) is 7.14. The third kappa shape index (κ3) is 3.93. The molecule has 1 aliphatic heterocycles. The van der Waals surface area contributed by atoms with Gasteiger partial charge in [0.1, 0.15) is 11.9 Å². The number of nitriles is 1. The van der Waals surface area contributed by atoms with Crippen LogP contribution < -0.4 is 5.32 Å². The van der Waals surface area contributed by atoms with Crippen molar-refractivity contribution < 1.29 is 0 Å². The van der Waals surface area contributed by atoms with Gasteiger partial charge < -0.3 is 10.2 Å². The molecule has 1 unspecified atom stereocenters. The Hall–Kier alpha value is -1.60. The molecule has 1 aliphatic rings. The molecular formula is C15H22N4. The van der Waals surface area contributed by atoms with Crippen molar-refractivity contribution in [3.63, 3.8) is 0 Å². The zero-order valence-electron chi connectivity index (χ0n) is 11.6.